The number of esters is 2. The number of carbonyl (C=O) groups is 2. The molecule has 3 rings (SSSR count). The van der Waals surface area contributed by atoms with Crippen molar-refractivity contribution in [1.82, 2.24) is 0 Å². The van der Waals surface area contributed by atoms with Gasteiger partial charge in [-0.25, -0.2) is 4.79 Å². The summed E-state index contributed by atoms with van der Waals surface area (Å²) in [5.74, 6) is 0.304. The lowest BCUT2D eigenvalue weighted by molar-refractivity contribution is -0.149. The van der Waals surface area contributed by atoms with Gasteiger partial charge in [-0.05, 0) is 79.6 Å². The van der Waals surface area contributed by atoms with Crippen LogP contribution in [0, 0.1) is 0 Å². The Morgan fingerprint density at radius 2 is 1.63 bits per heavy atom. The van der Waals surface area contributed by atoms with Gasteiger partial charge in [-0.1, -0.05) is 58.4 Å². The Kier molecular flexibility index (Phi) is 11.1. The predicted molar refractivity (Wildman–Crippen MR) is 138 cm³/mol. The molecule has 0 amide bonds. The third-order valence-electron chi connectivity index (χ3n) is 6.53. The molecule has 1 aliphatic rings. The molecule has 0 saturated carbocycles. The smallest absolute Gasteiger partial charge is 0.343 e. The molecule has 2 aromatic carbocycles. The fourth-order valence-corrected chi connectivity index (χ4v) is 4.44. The maximum atomic E-state index is 12.8. The Morgan fingerprint density at radius 1 is 0.914 bits per heavy atom. The molecule has 5 heteroatoms. The molecule has 1 fully saturated rings. The second-order valence-corrected chi connectivity index (χ2v) is 9.36. The van der Waals surface area contributed by atoms with Crippen molar-refractivity contribution in [3.63, 3.8) is 0 Å². The van der Waals surface area contributed by atoms with E-state index < -0.39 is 5.97 Å². The maximum Gasteiger partial charge on any atom is 0.343 e. The van der Waals surface area contributed by atoms with Crippen LogP contribution in [-0.4, -0.2) is 25.2 Å². The van der Waals surface area contributed by atoms with E-state index in [0.717, 1.165) is 55.4 Å². The summed E-state index contributed by atoms with van der Waals surface area (Å²) in [6.07, 6.45) is 11.9. The first-order valence-corrected chi connectivity index (χ1v) is 13.4. The molecule has 1 unspecified atom stereocenters. The van der Waals surface area contributed by atoms with Crippen molar-refractivity contribution in [3.8, 4) is 11.5 Å². The minimum absolute atomic E-state index is 0.186. The van der Waals surface area contributed by atoms with Crippen molar-refractivity contribution in [1.29, 1.82) is 0 Å². The summed E-state index contributed by atoms with van der Waals surface area (Å²) in [6, 6.07) is 12.7. The first-order chi connectivity index (χ1) is 17.1. The Hall–Kier alpha value is -2.82. The van der Waals surface area contributed by atoms with Gasteiger partial charge in [0.05, 0.1) is 24.7 Å². The number of hydrogen-bond donors (Lipinski definition) is 0. The van der Waals surface area contributed by atoms with Gasteiger partial charge in [-0.2, -0.15) is 0 Å². The summed E-state index contributed by atoms with van der Waals surface area (Å²) in [5.41, 5.74) is 2.51. The molecule has 0 radical (unpaired) electrons. The second-order valence-electron chi connectivity index (χ2n) is 9.36. The summed E-state index contributed by atoms with van der Waals surface area (Å²) in [7, 11) is 0. The standard InChI is InChI=1S/C30H40O5/c1-3-5-7-8-9-10-20-33-25-17-15-24(16-18-25)29(31)35-26-19-14-23(12-6-4-2)28(22-26)27-13-11-21-34-30(27)32/h14-19,22,27H,3-13,20-21H2,1-2H3. The Morgan fingerprint density at radius 3 is 2.37 bits per heavy atom. The lowest BCUT2D eigenvalue weighted by atomic mass is 9.87. The fourth-order valence-electron chi connectivity index (χ4n) is 4.44. The highest BCUT2D eigenvalue weighted by Gasteiger charge is 2.28. The van der Waals surface area contributed by atoms with E-state index in [2.05, 4.69) is 13.8 Å². The minimum Gasteiger partial charge on any atom is -0.494 e. The number of benzene rings is 2. The van der Waals surface area contributed by atoms with Crippen LogP contribution in [0.25, 0.3) is 0 Å². The zero-order valence-corrected chi connectivity index (χ0v) is 21.4. The number of aryl methyl sites for hydroxylation is 1. The third kappa shape index (κ3) is 8.41. The largest absolute Gasteiger partial charge is 0.494 e. The molecule has 1 saturated heterocycles. The highest BCUT2D eigenvalue weighted by molar-refractivity contribution is 5.91. The van der Waals surface area contributed by atoms with Gasteiger partial charge in [0.1, 0.15) is 11.5 Å². The van der Waals surface area contributed by atoms with Gasteiger partial charge in [0.2, 0.25) is 0 Å². The van der Waals surface area contributed by atoms with Crippen molar-refractivity contribution < 1.29 is 23.8 Å². The molecule has 1 heterocycles. The zero-order valence-electron chi connectivity index (χ0n) is 21.4. The van der Waals surface area contributed by atoms with Crippen molar-refractivity contribution in [2.75, 3.05) is 13.2 Å². The molecule has 1 aliphatic heterocycles. The molecule has 0 aliphatic carbocycles. The minimum atomic E-state index is -0.425. The topological polar surface area (TPSA) is 61.8 Å². The van der Waals surface area contributed by atoms with E-state index in [1.165, 1.54) is 32.1 Å². The molecular weight excluding hydrogens is 440 g/mol. The molecule has 190 valence electrons. The summed E-state index contributed by atoms with van der Waals surface area (Å²) in [5, 5.41) is 0. The van der Waals surface area contributed by atoms with Crippen LogP contribution >= 0.6 is 0 Å². The molecule has 1 atom stereocenters. The van der Waals surface area contributed by atoms with Crippen molar-refractivity contribution in [2.45, 2.75) is 90.4 Å². The lowest BCUT2D eigenvalue weighted by Gasteiger charge is -2.24. The number of ether oxygens (including phenoxy) is 3. The first kappa shape index (κ1) is 26.8. The van der Waals surface area contributed by atoms with Gasteiger partial charge < -0.3 is 14.2 Å². The zero-order chi connectivity index (χ0) is 24.9. The van der Waals surface area contributed by atoms with Crippen LogP contribution in [0.1, 0.15) is 105 Å². The van der Waals surface area contributed by atoms with E-state index in [1.54, 1.807) is 12.1 Å². The summed E-state index contributed by atoms with van der Waals surface area (Å²) in [4.78, 5) is 25.2. The number of cyclic esters (lactones) is 1. The van der Waals surface area contributed by atoms with Gasteiger partial charge in [-0.3, -0.25) is 4.79 Å². The fraction of sp³-hybridized carbons (Fsp3) is 0.533. The maximum absolute atomic E-state index is 12.8. The van der Waals surface area contributed by atoms with E-state index in [4.69, 9.17) is 14.2 Å². The van der Waals surface area contributed by atoms with Gasteiger partial charge in [0, 0.05) is 0 Å². The molecule has 0 N–H and O–H groups in total. The van der Waals surface area contributed by atoms with Gasteiger partial charge in [0.25, 0.3) is 0 Å². The Balaban J connectivity index is 1.58. The second kappa shape index (κ2) is 14.6. The van der Waals surface area contributed by atoms with Crippen LogP contribution < -0.4 is 9.47 Å². The third-order valence-corrected chi connectivity index (χ3v) is 6.53. The normalized spacial score (nSPS) is 15.5. The molecule has 5 nitrogen and oxygen atoms in total. The van der Waals surface area contributed by atoms with Gasteiger partial charge in [0.15, 0.2) is 0 Å². The van der Waals surface area contributed by atoms with E-state index in [9.17, 15) is 9.59 Å². The van der Waals surface area contributed by atoms with Crippen LogP contribution in [0.5, 0.6) is 11.5 Å². The number of carbonyl (C=O) groups excluding carboxylic acids is 2. The highest BCUT2D eigenvalue weighted by atomic mass is 16.5. The number of rotatable bonds is 14. The Labute approximate surface area is 210 Å². The summed E-state index contributed by atoms with van der Waals surface area (Å²) in [6.45, 7) is 5.54. The SMILES string of the molecule is CCCCCCCCOc1ccc(C(=O)Oc2ccc(CCCC)c(C3CCCOC3=O)c2)cc1. The van der Waals surface area contributed by atoms with Crippen LogP contribution in [0.3, 0.4) is 0 Å². The van der Waals surface area contributed by atoms with E-state index in [-0.39, 0.29) is 11.9 Å². The van der Waals surface area contributed by atoms with Gasteiger partial charge >= 0.3 is 11.9 Å². The number of hydrogen-bond acceptors (Lipinski definition) is 5. The average Bonchev–Trinajstić information content (AvgIpc) is 2.88. The van der Waals surface area contributed by atoms with Crippen molar-refractivity contribution >= 4 is 11.9 Å². The molecule has 0 spiro atoms. The van der Waals surface area contributed by atoms with E-state index in [0.29, 0.717) is 24.5 Å². The van der Waals surface area contributed by atoms with Crippen LogP contribution in [0.15, 0.2) is 42.5 Å². The Bertz CT molecular complexity index is 934. The monoisotopic (exact) mass is 480 g/mol. The molecule has 35 heavy (non-hydrogen) atoms. The van der Waals surface area contributed by atoms with Crippen molar-refractivity contribution in [2.24, 2.45) is 0 Å². The molecule has 0 bridgehead atoms. The summed E-state index contributed by atoms with van der Waals surface area (Å²) < 4.78 is 16.8. The quantitative estimate of drug-likeness (QED) is 0.160. The predicted octanol–water partition coefficient (Wildman–Crippen LogP) is 7.41. The van der Waals surface area contributed by atoms with Crippen molar-refractivity contribution in [3.05, 3.63) is 59.2 Å². The number of unbranched alkanes of at least 4 members (excludes halogenated alkanes) is 6. The van der Waals surface area contributed by atoms with Crippen LogP contribution in [0.4, 0.5) is 0 Å². The van der Waals surface area contributed by atoms with Crippen LogP contribution in [0.2, 0.25) is 0 Å². The molecule has 2 aromatic rings. The summed E-state index contributed by atoms with van der Waals surface area (Å²) >= 11 is 0. The lowest BCUT2D eigenvalue weighted by Crippen LogP contribution is -2.23. The molecule has 0 aromatic heterocycles. The van der Waals surface area contributed by atoms with E-state index in [1.807, 2.05) is 30.3 Å². The highest BCUT2D eigenvalue weighted by Crippen LogP contribution is 2.33. The average molecular weight is 481 g/mol. The van der Waals surface area contributed by atoms with E-state index >= 15 is 0 Å². The first-order valence-electron chi connectivity index (χ1n) is 13.4. The molecular formula is C30H40O5. The van der Waals surface area contributed by atoms with Crippen LogP contribution in [-0.2, 0) is 16.0 Å². The van der Waals surface area contributed by atoms with Gasteiger partial charge in [-0.15, -0.1) is 0 Å².